The van der Waals surface area contributed by atoms with Crippen molar-refractivity contribution in [1.29, 1.82) is 0 Å². The quantitative estimate of drug-likeness (QED) is 0.364. The molecule has 0 radical (unpaired) electrons. The molecule has 40 heavy (non-hydrogen) atoms. The molecular weight excluding hydrogens is 511 g/mol. The van der Waals surface area contributed by atoms with Gasteiger partial charge in [-0.15, -0.1) is 0 Å². The molecule has 1 heterocycles. The van der Waals surface area contributed by atoms with E-state index in [0.29, 0.717) is 77.3 Å². The number of aliphatic hydroxyl groups is 1. The van der Waals surface area contributed by atoms with Crippen LogP contribution in [0.5, 0.6) is 17.2 Å². The molecule has 0 bridgehead atoms. The van der Waals surface area contributed by atoms with E-state index in [4.69, 9.17) is 9.47 Å². The summed E-state index contributed by atoms with van der Waals surface area (Å²) in [6, 6.07) is 9.72. The first-order valence-electron chi connectivity index (χ1n) is 13.8. The Labute approximate surface area is 235 Å². The van der Waals surface area contributed by atoms with Gasteiger partial charge in [0.15, 0.2) is 0 Å². The Morgan fingerprint density at radius 1 is 1.05 bits per heavy atom. The average Bonchev–Trinajstić information content (AvgIpc) is 2.88. The van der Waals surface area contributed by atoms with Crippen LogP contribution in [0.15, 0.2) is 47.4 Å². The van der Waals surface area contributed by atoms with Gasteiger partial charge in [0.25, 0.3) is 5.56 Å². The number of nitrogens with one attached hydrogen (secondary N) is 1. The minimum absolute atomic E-state index is 0.0337. The maximum Gasteiger partial charge on any atom is 0.254 e. The number of halogens is 1. The Morgan fingerprint density at radius 3 is 2.30 bits per heavy atom. The van der Waals surface area contributed by atoms with Crippen LogP contribution in [0, 0.1) is 25.6 Å². The number of pyridine rings is 1. The summed E-state index contributed by atoms with van der Waals surface area (Å²) in [7, 11) is 1.67. The molecule has 1 fully saturated rings. The van der Waals surface area contributed by atoms with Crippen molar-refractivity contribution >= 4 is 5.91 Å². The van der Waals surface area contributed by atoms with Crippen molar-refractivity contribution in [3.05, 3.63) is 75.5 Å². The highest BCUT2D eigenvalue weighted by Crippen LogP contribution is 2.42. The Balaban J connectivity index is 1.75. The molecule has 7 nitrogen and oxygen atoms in total. The molecule has 1 amide bonds. The second-order valence-electron chi connectivity index (χ2n) is 11.2. The van der Waals surface area contributed by atoms with Gasteiger partial charge in [-0.25, -0.2) is 4.39 Å². The predicted octanol–water partition coefficient (Wildman–Crippen LogP) is 5.90. The minimum Gasteiger partial charge on any atom is -0.490 e. The third-order valence-electron chi connectivity index (χ3n) is 7.49. The first-order valence-corrected chi connectivity index (χ1v) is 13.8. The van der Waals surface area contributed by atoms with Crippen LogP contribution < -0.4 is 20.3 Å². The zero-order chi connectivity index (χ0) is 29.2. The van der Waals surface area contributed by atoms with Crippen LogP contribution in [0.1, 0.15) is 63.1 Å². The predicted molar refractivity (Wildman–Crippen MR) is 153 cm³/mol. The maximum atomic E-state index is 14.0. The second kappa shape index (κ2) is 11.8. The number of ether oxygens (including phenoxy) is 2. The van der Waals surface area contributed by atoms with Crippen molar-refractivity contribution in [2.45, 2.75) is 72.0 Å². The number of hydrogen-bond acceptors (Lipinski definition) is 5. The highest BCUT2D eigenvalue weighted by Gasteiger charge is 2.28. The van der Waals surface area contributed by atoms with Crippen molar-refractivity contribution in [2.24, 2.45) is 13.0 Å². The lowest BCUT2D eigenvalue weighted by Crippen LogP contribution is -2.35. The van der Waals surface area contributed by atoms with Gasteiger partial charge in [-0.05, 0) is 101 Å². The zero-order valence-corrected chi connectivity index (χ0v) is 24.1. The number of aromatic nitrogens is 1. The van der Waals surface area contributed by atoms with Gasteiger partial charge >= 0.3 is 0 Å². The highest BCUT2D eigenvalue weighted by atomic mass is 19.1. The van der Waals surface area contributed by atoms with Gasteiger partial charge in [0.1, 0.15) is 23.1 Å². The van der Waals surface area contributed by atoms with E-state index in [1.54, 1.807) is 53.1 Å². The summed E-state index contributed by atoms with van der Waals surface area (Å²) in [5.74, 6) is 1.13. The number of benzene rings is 2. The summed E-state index contributed by atoms with van der Waals surface area (Å²) in [4.78, 5) is 25.0. The highest BCUT2D eigenvalue weighted by molar-refractivity contribution is 5.79. The van der Waals surface area contributed by atoms with Crippen LogP contribution in [0.25, 0.3) is 11.1 Å². The Hall–Kier alpha value is -3.65. The number of carbonyl (C=O) groups is 1. The summed E-state index contributed by atoms with van der Waals surface area (Å²) >= 11 is 0. The molecule has 1 saturated carbocycles. The summed E-state index contributed by atoms with van der Waals surface area (Å²) < 4.78 is 28.3. The van der Waals surface area contributed by atoms with Crippen LogP contribution in [0.3, 0.4) is 0 Å². The summed E-state index contributed by atoms with van der Waals surface area (Å²) in [5, 5.41) is 13.7. The third kappa shape index (κ3) is 6.55. The number of hydrogen-bond donors (Lipinski definition) is 2. The second-order valence-corrected chi connectivity index (χ2v) is 11.2. The lowest BCUT2D eigenvalue weighted by molar-refractivity contribution is -0.126. The summed E-state index contributed by atoms with van der Waals surface area (Å²) in [6.07, 6.45) is 4.36. The Kier molecular flexibility index (Phi) is 8.68. The SMILES string of the molecule is CCNC(=O)[C@H]1CC[C@@H](Oc2cc(=O)n(C)cc2-c2cc(C(C)(C)O)ccc2Oc2c(C)cc(F)cc2C)CC1. The molecule has 8 heteroatoms. The fraction of sp³-hybridized carbons (Fsp3) is 0.438. The lowest BCUT2D eigenvalue weighted by Gasteiger charge is -2.29. The molecule has 1 aromatic heterocycles. The van der Waals surface area contributed by atoms with Gasteiger partial charge < -0.3 is 24.5 Å². The van der Waals surface area contributed by atoms with Gasteiger partial charge in [0.2, 0.25) is 5.91 Å². The van der Waals surface area contributed by atoms with Crippen LogP contribution in [-0.2, 0) is 17.4 Å². The van der Waals surface area contributed by atoms with E-state index in [2.05, 4.69) is 5.32 Å². The van der Waals surface area contributed by atoms with E-state index < -0.39 is 5.60 Å². The van der Waals surface area contributed by atoms with E-state index >= 15 is 0 Å². The van der Waals surface area contributed by atoms with E-state index in [-0.39, 0.29) is 29.3 Å². The van der Waals surface area contributed by atoms with Crippen molar-refractivity contribution in [3.63, 3.8) is 0 Å². The lowest BCUT2D eigenvalue weighted by atomic mass is 9.86. The van der Waals surface area contributed by atoms with E-state index in [1.807, 2.05) is 13.0 Å². The molecular formula is C32H39FN2O5. The van der Waals surface area contributed by atoms with E-state index in [9.17, 15) is 19.1 Å². The van der Waals surface area contributed by atoms with Gasteiger partial charge in [-0.3, -0.25) is 9.59 Å². The molecule has 0 unspecified atom stereocenters. The first-order chi connectivity index (χ1) is 18.9. The van der Waals surface area contributed by atoms with Gasteiger partial charge in [0.05, 0.1) is 11.7 Å². The average molecular weight is 551 g/mol. The van der Waals surface area contributed by atoms with Gasteiger partial charge in [0, 0.05) is 42.9 Å². The van der Waals surface area contributed by atoms with Crippen molar-refractivity contribution in [1.82, 2.24) is 9.88 Å². The molecule has 1 aliphatic rings. The topological polar surface area (TPSA) is 89.8 Å². The molecule has 0 atom stereocenters. The molecule has 0 spiro atoms. The smallest absolute Gasteiger partial charge is 0.254 e. The molecule has 3 aromatic rings. The van der Waals surface area contributed by atoms with Crippen LogP contribution >= 0.6 is 0 Å². The Bertz CT molecular complexity index is 1430. The molecule has 0 aliphatic heterocycles. The normalized spacial score (nSPS) is 17.4. The Morgan fingerprint density at radius 2 is 1.70 bits per heavy atom. The number of amides is 1. The standard InChI is InChI=1S/C32H39FN2O5/c1-7-34-31(37)21-8-11-24(12-9-21)39-28-17-29(36)35(6)18-26(28)25-16-22(32(4,5)38)10-13-27(25)40-30-19(2)14-23(33)15-20(30)3/h10,13-18,21,24,38H,7-9,11-12H2,1-6H3,(H,34,37)/t21-,24+. The van der Waals surface area contributed by atoms with Crippen LogP contribution in [-0.4, -0.2) is 28.2 Å². The number of aryl methyl sites for hydroxylation is 3. The maximum absolute atomic E-state index is 14.0. The molecule has 4 rings (SSSR count). The monoisotopic (exact) mass is 550 g/mol. The minimum atomic E-state index is -1.13. The fourth-order valence-electron chi connectivity index (χ4n) is 5.23. The van der Waals surface area contributed by atoms with Crippen molar-refractivity contribution in [2.75, 3.05) is 6.54 Å². The van der Waals surface area contributed by atoms with Crippen molar-refractivity contribution < 1.29 is 23.8 Å². The molecule has 0 saturated heterocycles. The van der Waals surface area contributed by atoms with Crippen molar-refractivity contribution in [3.8, 4) is 28.4 Å². The molecule has 2 aromatic carbocycles. The number of carbonyl (C=O) groups excluding carboxylic acids is 1. The zero-order valence-electron chi connectivity index (χ0n) is 24.1. The van der Waals surface area contributed by atoms with Gasteiger partial charge in [-0.1, -0.05) is 6.07 Å². The summed E-state index contributed by atoms with van der Waals surface area (Å²) in [5.41, 5.74) is 1.86. The third-order valence-corrected chi connectivity index (χ3v) is 7.49. The van der Waals surface area contributed by atoms with Crippen LogP contribution in [0.4, 0.5) is 4.39 Å². The molecule has 214 valence electrons. The van der Waals surface area contributed by atoms with Gasteiger partial charge in [-0.2, -0.15) is 0 Å². The van der Waals surface area contributed by atoms with Crippen LogP contribution in [0.2, 0.25) is 0 Å². The van der Waals surface area contributed by atoms with E-state index in [1.165, 1.54) is 22.8 Å². The summed E-state index contributed by atoms with van der Waals surface area (Å²) in [6.45, 7) is 9.49. The number of nitrogens with zero attached hydrogens (tertiary/aromatic N) is 1. The molecule has 2 N–H and O–H groups in total. The first kappa shape index (κ1) is 29.3. The largest absolute Gasteiger partial charge is 0.490 e. The van der Waals surface area contributed by atoms with E-state index in [0.717, 1.165) is 0 Å². The fourth-order valence-corrected chi connectivity index (χ4v) is 5.23. The number of rotatable bonds is 8. The molecule has 1 aliphatic carbocycles.